The van der Waals surface area contributed by atoms with Crippen molar-refractivity contribution in [2.75, 3.05) is 5.32 Å². The van der Waals surface area contributed by atoms with E-state index in [-0.39, 0.29) is 11.2 Å². The van der Waals surface area contributed by atoms with Gasteiger partial charge in [0, 0.05) is 10.6 Å². The largest absolute Gasteiger partial charge is 0.325 e. The minimum Gasteiger partial charge on any atom is -0.325 e. The number of carbonyl (C=O) groups is 1. The van der Waals surface area contributed by atoms with Gasteiger partial charge >= 0.3 is 0 Å². The van der Waals surface area contributed by atoms with Gasteiger partial charge in [-0.2, -0.15) is 0 Å². The molecule has 1 N–H and O–H groups in total. The quantitative estimate of drug-likeness (QED) is 0.827. The number of rotatable bonds is 4. The summed E-state index contributed by atoms with van der Waals surface area (Å²) in [5.74, 6) is 0.0364. The van der Waals surface area contributed by atoms with Crippen LogP contribution in [-0.2, 0) is 4.79 Å². The van der Waals surface area contributed by atoms with Crippen LogP contribution < -0.4 is 5.32 Å². The molecule has 0 aliphatic heterocycles. The third kappa shape index (κ3) is 4.36. The molecule has 0 saturated heterocycles. The van der Waals surface area contributed by atoms with Crippen LogP contribution in [0.4, 0.5) is 5.69 Å². The molecule has 2 aromatic carbocycles. The Kier molecular flexibility index (Phi) is 5.07. The number of nitrogens with one attached hydrogen (secondary N) is 1. The zero-order valence-electron chi connectivity index (χ0n) is 12.9. The van der Waals surface area contributed by atoms with E-state index in [1.165, 1.54) is 5.56 Å². The molecular weight excluding hydrogens is 278 g/mol. The maximum atomic E-state index is 12.3. The van der Waals surface area contributed by atoms with Gasteiger partial charge in [-0.1, -0.05) is 29.8 Å². The number of hydrogen-bond donors (Lipinski definition) is 1. The summed E-state index contributed by atoms with van der Waals surface area (Å²) in [4.78, 5) is 13.4. The molecule has 0 bridgehead atoms. The zero-order chi connectivity index (χ0) is 15.4. The number of aryl methyl sites for hydroxylation is 3. The summed E-state index contributed by atoms with van der Waals surface area (Å²) in [5.41, 5.74) is 4.36. The molecule has 1 atom stereocenters. The standard InChI is InChI=1S/C18H21NOS/c1-12-6-9-16(10-7-12)21-15(4)18(20)19-17-11-13(2)5-8-14(17)3/h5-11,15H,1-4H3,(H,19,20)/t15-/m0/s1. The lowest BCUT2D eigenvalue weighted by Gasteiger charge is -2.14. The minimum absolute atomic E-state index is 0.0364. The fourth-order valence-electron chi connectivity index (χ4n) is 1.98. The van der Waals surface area contributed by atoms with Crippen molar-refractivity contribution in [1.29, 1.82) is 0 Å². The lowest BCUT2D eigenvalue weighted by Crippen LogP contribution is -2.22. The Hall–Kier alpha value is -1.74. The summed E-state index contributed by atoms with van der Waals surface area (Å²) >= 11 is 1.58. The van der Waals surface area contributed by atoms with Crippen molar-refractivity contribution in [3.05, 3.63) is 59.2 Å². The molecule has 21 heavy (non-hydrogen) atoms. The Balaban J connectivity index is 2.02. The Morgan fingerprint density at radius 2 is 1.62 bits per heavy atom. The van der Waals surface area contributed by atoms with E-state index < -0.39 is 0 Å². The number of amides is 1. The van der Waals surface area contributed by atoms with E-state index in [2.05, 4.69) is 42.6 Å². The van der Waals surface area contributed by atoms with Gasteiger partial charge in [0.05, 0.1) is 5.25 Å². The molecule has 2 aromatic rings. The van der Waals surface area contributed by atoms with E-state index in [1.807, 2.05) is 32.9 Å². The molecule has 0 radical (unpaired) electrons. The molecule has 0 aromatic heterocycles. The Morgan fingerprint density at radius 3 is 2.29 bits per heavy atom. The SMILES string of the molecule is Cc1ccc(S[C@@H](C)C(=O)Nc2cc(C)ccc2C)cc1. The first kappa shape index (κ1) is 15.6. The molecule has 0 aliphatic carbocycles. The van der Waals surface area contributed by atoms with E-state index in [0.717, 1.165) is 21.7 Å². The summed E-state index contributed by atoms with van der Waals surface area (Å²) < 4.78 is 0. The van der Waals surface area contributed by atoms with Crippen LogP contribution in [-0.4, -0.2) is 11.2 Å². The van der Waals surface area contributed by atoms with E-state index in [1.54, 1.807) is 11.8 Å². The van der Waals surface area contributed by atoms with Crippen molar-refractivity contribution in [1.82, 2.24) is 0 Å². The van der Waals surface area contributed by atoms with Crippen LogP contribution in [0.25, 0.3) is 0 Å². The van der Waals surface area contributed by atoms with E-state index in [9.17, 15) is 4.79 Å². The normalized spacial score (nSPS) is 12.0. The first-order valence-electron chi connectivity index (χ1n) is 7.07. The van der Waals surface area contributed by atoms with Gasteiger partial charge in [-0.3, -0.25) is 4.79 Å². The molecule has 1 amide bonds. The first-order chi connectivity index (χ1) is 9.95. The van der Waals surface area contributed by atoms with Crippen LogP contribution >= 0.6 is 11.8 Å². The number of carbonyl (C=O) groups excluding carboxylic acids is 1. The zero-order valence-corrected chi connectivity index (χ0v) is 13.8. The van der Waals surface area contributed by atoms with Gasteiger partial charge in [0.25, 0.3) is 0 Å². The third-order valence-electron chi connectivity index (χ3n) is 3.35. The Labute approximate surface area is 131 Å². The molecule has 0 spiro atoms. The van der Waals surface area contributed by atoms with Gasteiger partial charge in [0.15, 0.2) is 0 Å². The van der Waals surface area contributed by atoms with Crippen LogP contribution in [0.3, 0.4) is 0 Å². The second-order valence-corrected chi connectivity index (χ2v) is 6.79. The molecule has 2 rings (SSSR count). The molecule has 0 fully saturated rings. The highest BCUT2D eigenvalue weighted by Crippen LogP contribution is 2.25. The van der Waals surface area contributed by atoms with Crippen LogP contribution in [0.15, 0.2) is 47.4 Å². The fourth-order valence-corrected chi connectivity index (χ4v) is 2.85. The van der Waals surface area contributed by atoms with Crippen LogP contribution in [0.5, 0.6) is 0 Å². The second-order valence-electron chi connectivity index (χ2n) is 5.38. The molecule has 110 valence electrons. The van der Waals surface area contributed by atoms with Crippen LogP contribution in [0, 0.1) is 20.8 Å². The Morgan fingerprint density at radius 1 is 1.00 bits per heavy atom. The van der Waals surface area contributed by atoms with Gasteiger partial charge in [0.2, 0.25) is 5.91 Å². The van der Waals surface area contributed by atoms with Gasteiger partial charge in [0.1, 0.15) is 0 Å². The van der Waals surface area contributed by atoms with E-state index in [0.29, 0.717) is 0 Å². The molecule has 2 nitrogen and oxygen atoms in total. The monoisotopic (exact) mass is 299 g/mol. The average molecular weight is 299 g/mol. The predicted molar refractivity (Wildman–Crippen MR) is 91.0 cm³/mol. The van der Waals surface area contributed by atoms with Gasteiger partial charge in [-0.25, -0.2) is 0 Å². The third-order valence-corrected chi connectivity index (χ3v) is 4.47. The summed E-state index contributed by atoms with van der Waals surface area (Å²) in [6, 6.07) is 14.3. The first-order valence-corrected chi connectivity index (χ1v) is 7.95. The molecule has 0 saturated carbocycles. The average Bonchev–Trinajstić information content (AvgIpc) is 2.45. The predicted octanol–water partition coefficient (Wildman–Crippen LogP) is 4.73. The highest BCUT2D eigenvalue weighted by molar-refractivity contribution is 8.00. The fraction of sp³-hybridized carbons (Fsp3) is 0.278. The molecule has 0 aliphatic rings. The summed E-state index contributed by atoms with van der Waals surface area (Å²) in [5, 5.41) is 2.89. The van der Waals surface area contributed by atoms with Crippen LogP contribution in [0.2, 0.25) is 0 Å². The molecule has 0 unspecified atom stereocenters. The van der Waals surface area contributed by atoms with Gasteiger partial charge < -0.3 is 5.32 Å². The van der Waals surface area contributed by atoms with Crippen molar-refractivity contribution in [3.8, 4) is 0 Å². The highest BCUT2D eigenvalue weighted by atomic mass is 32.2. The second kappa shape index (κ2) is 6.81. The van der Waals surface area contributed by atoms with Gasteiger partial charge in [-0.15, -0.1) is 11.8 Å². The smallest absolute Gasteiger partial charge is 0.237 e. The van der Waals surface area contributed by atoms with E-state index in [4.69, 9.17) is 0 Å². The number of anilines is 1. The minimum atomic E-state index is -0.132. The summed E-state index contributed by atoms with van der Waals surface area (Å²) in [6.45, 7) is 8.03. The molecular formula is C18H21NOS. The number of benzene rings is 2. The van der Waals surface area contributed by atoms with Crippen molar-refractivity contribution in [3.63, 3.8) is 0 Å². The lowest BCUT2D eigenvalue weighted by atomic mass is 10.1. The summed E-state index contributed by atoms with van der Waals surface area (Å²) in [7, 11) is 0. The number of hydrogen-bond acceptors (Lipinski definition) is 2. The van der Waals surface area contributed by atoms with Crippen molar-refractivity contribution in [2.45, 2.75) is 37.8 Å². The highest BCUT2D eigenvalue weighted by Gasteiger charge is 2.15. The van der Waals surface area contributed by atoms with E-state index >= 15 is 0 Å². The van der Waals surface area contributed by atoms with Gasteiger partial charge in [-0.05, 0) is 57.0 Å². The maximum absolute atomic E-state index is 12.3. The topological polar surface area (TPSA) is 29.1 Å². The van der Waals surface area contributed by atoms with Crippen LogP contribution in [0.1, 0.15) is 23.6 Å². The van der Waals surface area contributed by atoms with Crippen molar-refractivity contribution < 1.29 is 4.79 Å². The maximum Gasteiger partial charge on any atom is 0.237 e. The summed E-state index contributed by atoms with van der Waals surface area (Å²) in [6.07, 6.45) is 0. The number of thioether (sulfide) groups is 1. The van der Waals surface area contributed by atoms with Crippen molar-refractivity contribution >= 4 is 23.4 Å². The lowest BCUT2D eigenvalue weighted by molar-refractivity contribution is -0.115. The molecule has 0 heterocycles. The molecule has 3 heteroatoms. The van der Waals surface area contributed by atoms with Crippen molar-refractivity contribution in [2.24, 2.45) is 0 Å². The Bertz CT molecular complexity index is 634.